The second-order valence-corrected chi connectivity index (χ2v) is 4.30. The van der Waals surface area contributed by atoms with Gasteiger partial charge in [0.05, 0.1) is 13.4 Å². The van der Waals surface area contributed by atoms with Crippen LogP contribution in [-0.2, 0) is 11.2 Å². The van der Waals surface area contributed by atoms with Gasteiger partial charge in [-0.25, -0.2) is 0 Å². The van der Waals surface area contributed by atoms with Gasteiger partial charge in [-0.2, -0.15) is 0 Å². The average molecular weight is 232 g/mol. The van der Waals surface area contributed by atoms with Gasteiger partial charge in [-0.05, 0) is 37.1 Å². The molecular formula is C14H20N2O. The second kappa shape index (κ2) is 6.30. The summed E-state index contributed by atoms with van der Waals surface area (Å²) in [5.74, 6) is 0. The molecule has 0 aliphatic carbocycles. The Morgan fingerprint density at radius 3 is 3.18 bits per heavy atom. The van der Waals surface area contributed by atoms with Crippen molar-refractivity contribution >= 4 is 5.69 Å². The van der Waals surface area contributed by atoms with Crippen molar-refractivity contribution in [3.63, 3.8) is 0 Å². The van der Waals surface area contributed by atoms with Gasteiger partial charge in [-0.1, -0.05) is 18.2 Å². The summed E-state index contributed by atoms with van der Waals surface area (Å²) in [6.45, 7) is 2.00. The number of ether oxygens (including phenoxy) is 1. The predicted octanol–water partition coefficient (Wildman–Crippen LogP) is 2.16. The highest BCUT2D eigenvalue weighted by molar-refractivity contribution is 5.56. The molecule has 3 heteroatoms. The van der Waals surface area contributed by atoms with Crippen molar-refractivity contribution < 1.29 is 4.74 Å². The summed E-state index contributed by atoms with van der Waals surface area (Å²) in [6, 6.07) is 9.06. The molecule has 92 valence electrons. The maximum atomic E-state index is 4.84. The summed E-state index contributed by atoms with van der Waals surface area (Å²) in [6.07, 6.45) is 5.89. The minimum Gasteiger partial charge on any atom is -0.505 e. The highest BCUT2D eigenvalue weighted by Gasteiger charge is 2.18. The number of rotatable bonds is 6. The lowest BCUT2D eigenvalue weighted by molar-refractivity contribution is 0.336. The van der Waals surface area contributed by atoms with Crippen molar-refractivity contribution in [3.8, 4) is 0 Å². The Bertz CT molecular complexity index is 351. The van der Waals surface area contributed by atoms with E-state index >= 15 is 0 Å². The fraction of sp³-hybridized carbons (Fsp3) is 0.429. The van der Waals surface area contributed by atoms with Crippen LogP contribution in [-0.4, -0.2) is 26.2 Å². The molecule has 0 spiro atoms. The van der Waals surface area contributed by atoms with Crippen molar-refractivity contribution in [1.29, 1.82) is 0 Å². The Kier molecular flexibility index (Phi) is 4.45. The largest absolute Gasteiger partial charge is 0.505 e. The van der Waals surface area contributed by atoms with Crippen molar-refractivity contribution in [3.05, 3.63) is 42.2 Å². The van der Waals surface area contributed by atoms with E-state index in [1.807, 2.05) is 6.08 Å². The summed E-state index contributed by atoms with van der Waals surface area (Å²) < 4.78 is 4.84. The number of methoxy groups -OCH3 is 1. The van der Waals surface area contributed by atoms with Crippen molar-refractivity contribution in [2.45, 2.75) is 18.9 Å². The van der Waals surface area contributed by atoms with Gasteiger partial charge >= 0.3 is 0 Å². The number of para-hydroxylation sites is 1. The molecule has 0 bridgehead atoms. The molecule has 0 fully saturated rings. The smallest absolute Gasteiger partial charge is 0.0785 e. The molecule has 17 heavy (non-hydrogen) atoms. The SMILES string of the molecule is CO/C=C/CCNC[C@@H]1Cc2ccccc2N1. The molecule has 1 aliphatic heterocycles. The first-order valence-corrected chi connectivity index (χ1v) is 6.13. The van der Waals surface area contributed by atoms with Crippen LogP contribution < -0.4 is 10.6 Å². The summed E-state index contributed by atoms with van der Waals surface area (Å²) in [5, 5.41) is 6.98. The second-order valence-electron chi connectivity index (χ2n) is 4.30. The average Bonchev–Trinajstić information content (AvgIpc) is 2.76. The third kappa shape index (κ3) is 3.49. The number of fused-ring (bicyclic) bond motifs is 1. The van der Waals surface area contributed by atoms with Gasteiger partial charge in [0.1, 0.15) is 0 Å². The van der Waals surface area contributed by atoms with E-state index in [0.717, 1.165) is 25.9 Å². The molecule has 1 aromatic carbocycles. The highest BCUT2D eigenvalue weighted by atomic mass is 16.5. The number of hydrogen-bond acceptors (Lipinski definition) is 3. The molecule has 0 aromatic heterocycles. The van der Waals surface area contributed by atoms with Crippen LogP contribution in [0.2, 0.25) is 0 Å². The van der Waals surface area contributed by atoms with Gasteiger partial charge in [0.2, 0.25) is 0 Å². The molecule has 0 saturated heterocycles. The molecule has 1 aliphatic rings. The lowest BCUT2D eigenvalue weighted by Gasteiger charge is -2.11. The Morgan fingerprint density at radius 2 is 2.35 bits per heavy atom. The fourth-order valence-electron chi connectivity index (χ4n) is 2.12. The first-order chi connectivity index (χ1) is 8.40. The van der Waals surface area contributed by atoms with Crippen LogP contribution >= 0.6 is 0 Å². The Labute approximate surface area is 103 Å². The monoisotopic (exact) mass is 232 g/mol. The minimum atomic E-state index is 0.527. The van der Waals surface area contributed by atoms with E-state index in [1.54, 1.807) is 13.4 Å². The van der Waals surface area contributed by atoms with E-state index in [2.05, 4.69) is 34.9 Å². The van der Waals surface area contributed by atoms with Gasteiger partial charge in [0.25, 0.3) is 0 Å². The van der Waals surface area contributed by atoms with E-state index < -0.39 is 0 Å². The lowest BCUT2D eigenvalue weighted by atomic mass is 10.1. The van der Waals surface area contributed by atoms with Crippen LogP contribution in [0, 0.1) is 0 Å². The maximum absolute atomic E-state index is 4.84. The molecule has 1 heterocycles. The molecule has 2 rings (SSSR count). The third-order valence-corrected chi connectivity index (χ3v) is 2.95. The van der Waals surface area contributed by atoms with Crippen molar-refractivity contribution in [2.24, 2.45) is 0 Å². The Balaban J connectivity index is 1.65. The Hall–Kier alpha value is -1.48. The summed E-state index contributed by atoms with van der Waals surface area (Å²) in [4.78, 5) is 0. The molecule has 0 radical (unpaired) electrons. The number of nitrogens with one attached hydrogen (secondary N) is 2. The first kappa shape index (κ1) is 12.0. The van der Waals surface area contributed by atoms with E-state index in [1.165, 1.54) is 11.3 Å². The van der Waals surface area contributed by atoms with Crippen molar-refractivity contribution in [1.82, 2.24) is 5.32 Å². The van der Waals surface area contributed by atoms with Gasteiger partial charge in [-0.3, -0.25) is 0 Å². The number of benzene rings is 1. The fourth-order valence-corrected chi connectivity index (χ4v) is 2.12. The number of hydrogen-bond donors (Lipinski definition) is 2. The van der Waals surface area contributed by atoms with E-state index in [9.17, 15) is 0 Å². The number of anilines is 1. The highest BCUT2D eigenvalue weighted by Crippen LogP contribution is 2.24. The summed E-state index contributed by atoms with van der Waals surface area (Å²) in [5.41, 5.74) is 2.72. The minimum absolute atomic E-state index is 0.527. The van der Waals surface area contributed by atoms with Gasteiger partial charge < -0.3 is 15.4 Å². The molecule has 3 nitrogen and oxygen atoms in total. The Morgan fingerprint density at radius 1 is 1.47 bits per heavy atom. The standard InChI is InChI=1S/C14H20N2O/c1-17-9-5-4-8-15-11-13-10-12-6-2-3-7-14(12)16-13/h2-3,5-7,9,13,15-16H,4,8,10-11H2,1H3/b9-5+/t13-/m0/s1. The summed E-state index contributed by atoms with van der Waals surface area (Å²) in [7, 11) is 1.67. The molecule has 0 amide bonds. The zero-order chi connectivity index (χ0) is 11.9. The zero-order valence-electron chi connectivity index (χ0n) is 10.3. The van der Waals surface area contributed by atoms with Gasteiger partial charge in [0, 0.05) is 18.3 Å². The predicted molar refractivity (Wildman–Crippen MR) is 71.2 cm³/mol. The van der Waals surface area contributed by atoms with Crippen LogP contribution in [0.4, 0.5) is 5.69 Å². The quantitative estimate of drug-likeness (QED) is 0.582. The van der Waals surface area contributed by atoms with E-state index in [4.69, 9.17) is 4.74 Å². The van der Waals surface area contributed by atoms with E-state index in [-0.39, 0.29) is 0 Å². The zero-order valence-corrected chi connectivity index (χ0v) is 10.3. The van der Waals surface area contributed by atoms with Crippen LogP contribution in [0.3, 0.4) is 0 Å². The van der Waals surface area contributed by atoms with Gasteiger partial charge in [-0.15, -0.1) is 0 Å². The van der Waals surface area contributed by atoms with E-state index in [0.29, 0.717) is 6.04 Å². The molecular weight excluding hydrogens is 212 g/mol. The normalized spacial score (nSPS) is 18.1. The molecule has 1 aromatic rings. The van der Waals surface area contributed by atoms with Crippen LogP contribution in [0.5, 0.6) is 0 Å². The lowest BCUT2D eigenvalue weighted by Crippen LogP contribution is -2.31. The molecule has 1 atom stereocenters. The maximum Gasteiger partial charge on any atom is 0.0785 e. The molecule has 2 N–H and O–H groups in total. The third-order valence-electron chi connectivity index (χ3n) is 2.95. The van der Waals surface area contributed by atoms with Crippen LogP contribution in [0.15, 0.2) is 36.6 Å². The molecule has 0 saturated carbocycles. The molecule has 0 unspecified atom stereocenters. The topological polar surface area (TPSA) is 33.3 Å². The van der Waals surface area contributed by atoms with Crippen molar-refractivity contribution in [2.75, 3.05) is 25.5 Å². The summed E-state index contributed by atoms with van der Waals surface area (Å²) >= 11 is 0. The van der Waals surface area contributed by atoms with Crippen LogP contribution in [0.1, 0.15) is 12.0 Å². The van der Waals surface area contributed by atoms with Crippen LogP contribution in [0.25, 0.3) is 0 Å². The van der Waals surface area contributed by atoms with Gasteiger partial charge in [0.15, 0.2) is 0 Å². The first-order valence-electron chi connectivity index (χ1n) is 6.13.